The Morgan fingerprint density at radius 2 is 1.84 bits per heavy atom. The molecule has 1 saturated heterocycles. The number of benzene rings is 2. The van der Waals surface area contributed by atoms with Crippen molar-refractivity contribution < 1.29 is 12.8 Å². The zero-order valence-corrected chi connectivity index (χ0v) is 14.5. The Labute approximate surface area is 146 Å². The molecule has 1 aromatic heterocycles. The molecule has 2 aromatic carbocycles. The molecule has 1 aliphatic rings. The lowest BCUT2D eigenvalue weighted by atomic mass is 9.96. The van der Waals surface area contributed by atoms with Gasteiger partial charge >= 0.3 is 0 Å². The van der Waals surface area contributed by atoms with Gasteiger partial charge in [-0.15, -0.1) is 0 Å². The van der Waals surface area contributed by atoms with Crippen molar-refractivity contribution in [3.63, 3.8) is 0 Å². The van der Waals surface area contributed by atoms with Crippen LogP contribution in [0.25, 0.3) is 10.9 Å². The fraction of sp³-hybridized carbons (Fsp3) is 0.263. The van der Waals surface area contributed by atoms with Crippen molar-refractivity contribution >= 4 is 20.9 Å². The van der Waals surface area contributed by atoms with Gasteiger partial charge in [0.15, 0.2) is 0 Å². The van der Waals surface area contributed by atoms with Crippen LogP contribution < -0.4 is 0 Å². The molecule has 2 heterocycles. The number of fused-ring (bicyclic) bond motifs is 1. The first-order valence-electron chi connectivity index (χ1n) is 8.37. The second kappa shape index (κ2) is 6.28. The molecule has 4 nitrogen and oxygen atoms in total. The smallest absolute Gasteiger partial charge is 0.243 e. The number of nitrogens with zero attached hydrogens (tertiary/aromatic N) is 1. The van der Waals surface area contributed by atoms with E-state index in [1.54, 1.807) is 0 Å². The molecular weight excluding hydrogens is 339 g/mol. The highest BCUT2D eigenvalue weighted by Crippen LogP contribution is 2.31. The number of halogens is 1. The van der Waals surface area contributed by atoms with Crippen LogP contribution >= 0.6 is 0 Å². The average Bonchev–Trinajstić information content (AvgIpc) is 3.06. The number of hydrogen-bond acceptors (Lipinski definition) is 2. The van der Waals surface area contributed by atoms with Crippen molar-refractivity contribution in [2.24, 2.45) is 0 Å². The highest BCUT2D eigenvalue weighted by atomic mass is 32.2. The van der Waals surface area contributed by atoms with Gasteiger partial charge in [-0.3, -0.25) is 0 Å². The number of H-pyrrole nitrogens is 1. The SMILES string of the molecule is O=S(=O)(c1ccc(F)cc1)N1CCCC(c2cc3ccccc3[nH]2)C1. The minimum atomic E-state index is -3.60. The van der Waals surface area contributed by atoms with E-state index < -0.39 is 15.8 Å². The molecule has 1 aliphatic heterocycles. The van der Waals surface area contributed by atoms with E-state index in [1.807, 2.05) is 24.3 Å². The van der Waals surface area contributed by atoms with Crippen LogP contribution in [0.15, 0.2) is 59.5 Å². The molecule has 1 atom stereocenters. The molecule has 6 heteroatoms. The second-order valence-corrected chi connectivity index (χ2v) is 8.41. The number of rotatable bonds is 3. The van der Waals surface area contributed by atoms with Gasteiger partial charge in [-0.25, -0.2) is 12.8 Å². The van der Waals surface area contributed by atoms with Gasteiger partial charge in [-0.05, 0) is 54.6 Å². The van der Waals surface area contributed by atoms with E-state index in [9.17, 15) is 12.8 Å². The first-order chi connectivity index (χ1) is 12.0. The third-order valence-electron chi connectivity index (χ3n) is 4.83. The van der Waals surface area contributed by atoms with Crippen LogP contribution in [0.4, 0.5) is 4.39 Å². The maximum Gasteiger partial charge on any atom is 0.243 e. The summed E-state index contributed by atoms with van der Waals surface area (Å²) in [6, 6.07) is 15.2. The Morgan fingerprint density at radius 3 is 2.60 bits per heavy atom. The van der Waals surface area contributed by atoms with Gasteiger partial charge in [-0.1, -0.05) is 18.2 Å². The Hall–Kier alpha value is -2.18. The predicted molar refractivity (Wildman–Crippen MR) is 95.4 cm³/mol. The number of aromatic nitrogens is 1. The van der Waals surface area contributed by atoms with E-state index in [2.05, 4.69) is 11.1 Å². The van der Waals surface area contributed by atoms with Crippen molar-refractivity contribution in [2.75, 3.05) is 13.1 Å². The monoisotopic (exact) mass is 358 g/mol. The van der Waals surface area contributed by atoms with Crippen LogP contribution in [0, 0.1) is 5.82 Å². The zero-order chi connectivity index (χ0) is 17.4. The summed E-state index contributed by atoms with van der Waals surface area (Å²) in [7, 11) is -3.60. The van der Waals surface area contributed by atoms with E-state index in [4.69, 9.17) is 0 Å². The summed E-state index contributed by atoms with van der Waals surface area (Å²) in [5.74, 6) is -0.301. The quantitative estimate of drug-likeness (QED) is 0.773. The minimum absolute atomic E-state index is 0.136. The Balaban J connectivity index is 1.61. The summed E-state index contributed by atoms with van der Waals surface area (Å²) in [4.78, 5) is 3.56. The van der Waals surface area contributed by atoms with Crippen molar-refractivity contribution in [2.45, 2.75) is 23.7 Å². The minimum Gasteiger partial charge on any atom is -0.358 e. The van der Waals surface area contributed by atoms with E-state index in [0.717, 1.165) is 29.4 Å². The lowest BCUT2D eigenvalue weighted by Gasteiger charge is -2.31. The molecule has 3 aromatic rings. The van der Waals surface area contributed by atoms with Crippen molar-refractivity contribution in [1.82, 2.24) is 9.29 Å². The standard InChI is InChI=1S/C19H19FN2O2S/c20-16-7-9-17(10-8-16)25(23,24)22-11-3-5-15(13-22)19-12-14-4-1-2-6-18(14)21-19/h1-2,4,6-10,12,15,21H,3,5,11,13H2. The lowest BCUT2D eigenvalue weighted by molar-refractivity contribution is 0.313. The summed E-state index contributed by atoms with van der Waals surface area (Å²) in [5, 5.41) is 1.14. The summed E-state index contributed by atoms with van der Waals surface area (Å²) >= 11 is 0. The van der Waals surface area contributed by atoms with Crippen LogP contribution in [-0.4, -0.2) is 30.8 Å². The molecule has 1 unspecified atom stereocenters. The molecule has 130 valence electrons. The Morgan fingerprint density at radius 1 is 1.08 bits per heavy atom. The summed E-state index contributed by atoms with van der Waals surface area (Å²) in [6.45, 7) is 0.934. The molecule has 25 heavy (non-hydrogen) atoms. The van der Waals surface area contributed by atoms with Gasteiger partial charge < -0.3 is 4.98 Å². The number of para-hydroxylation sites is 1. The third-order valence-corrected chi connectivity index (χ3v) is 6.71. The van der Waals surface area contributed by atoms with E-state index in [0.29, 0.717) is 13.1 Å². The highest BCUT2D eigenvalue weighted by molar-refractivity contribution is 7.89. The van der Waals surface area contributed by atoms with Gasteiger partial charge in [-0.2, -0.15) is 4.31 Å². The number of hydrogen-bond donors (Lipinski definition) is 1. The predicted octanol–water partition coefficient (Wildman–Crippen LogP) is 3.88. The maximum atomic E-state index is 13.1. The van der Waals surface area contributed by atoms with Gasteiger partial charge in [0.25, 0.3) is 0 Å². The largest absolute Gasteiger partial charge is 0.358 e. The topological polar surface area (TPSA) is 53.2 Å². The Bertz CT molecular complexity index is 963. The van der Waals surface area contributed by atoms with Gasteiger partial charge in [0.1, 0.15) is 5.82 Å². The zero-order valence-electron chi connectivity index (χ0n) is 13.7. The molecule has 0 aliphatic carbocycles. The fourth-order valence-corrected chi connectivity index (χ4v) is 5.01. The van der Waals surface area contributed by atoms with Gasteiger partial charge in [0.05, 0.1) is 4.90 Å². The van der Waals surface area contributed by atoms with E-state index >= 15 is 0 Å². The summed E-state index contributed by atoms with van der Waals surface area (Å²) in [5.41, 5.74) is 2.14. The number of piperidine rings is 1. The van der Waals surface area contributed by atoms with Crippen LogP contribution in [0.2, 0.25) is 0 Å². The first kappa shape index (κ1) is 16.3. The van der Waals surface area contributed by atoms with Crippen LogP contribution in [0.1, 0.15) is 24.5 Å². The maximum absolute atomic E-state index is 13.1. The van der Waals surface area contributed by atoms with Crippen LogP contribution in [0.5, 0.6) is 0 Å². The number of aromatic amines is 1. The first-order valence-corrected chi connectivity index (χ1v) is 9.81. The molecular formula is C19H19FN2O2S. The van der Waals surface area contributed by atoms with Crippen LogP contribution in [-0.2, 0) is 10.0 Å². The molecule has 0 bridgehead atoms. The highest BCUT2D eigenvalue weighted by Gasteiger charge is 2.31. The molecule has 0 radical (unpaired) electrons. The summed E-state index contributed by atoms with van der Waals surface area (Å²) < 4.78 is 40.3. The van der Waals surface area contributed by atoms with Gasteiger partial charge in [0, 0.05) is 30.2 Å². The van der Waals surface area contributed by atoms with E-state index in [1.165, 1.54) is 28.6 Å². The van der Waals surface area contributed by atoms with E-state index in [-0.39, 0.29) is 10.8 Å². The Kier molecular flexibility index (Phi) is 4.09. The molecule has 0 saturated carbocycles. The fourth-order valence-electron chi connectivity index (χ4n) is 3.49. The molecule has 0 amide bonds. The molecule has 1 fully saturated rings. The number of sulfonamides is 1. The lowest BCUT2D eigenvalue weighted by Crippen LogP contribution is -2.39. The summed E-state index contributed by atoms with van der Waals surface area (Å²) in [6.07, 6.45) is 1.75. The van der Waals surface area contributed by atoms with Crippen LogP contribution in [0.3, 0.4) is 0 Å². The molecule has 0 spiro atoms. The average molecular weight is 358 g/mol. The molecule has 1 N–H and O–H groups in total. The van der Waals surface area contributed by atoms with Crippen molar-refractivity contribution in [3.8, 4) is 0 Å². The third kappa shape index (κ3) is 3.07. The van der Waals surface area contributed by atoms with Crippen molar-refractivity contribution in [3.05, 3.63) is 66.1 Å². The molecule has 4 rings (SSSR count). The number of nitrogens with one attached hydrogen (secondary N) is 1. The van der Waals surface area contributed by atoms with Gasteiger partial charge in [0.2, 0.25) is 10.0 Å². The van der Waals surface area contributed by atoms with Crippen molar-refractivity contribution in [1.29, 1.82) is 0 Å². The normalized spacial score (nSPS) is 19.3. The second-order valence-electron chi connectivity index (χ2n) is 6.47.